The molecule has 1 heteroatoms. The number of hydrogen-bond donors (Lipinski definition) is 0. The van der Waals surface area contributed by atoms with Gasteiger partial charge in [-0.15, -0.1) is 19.7 Å². The highest BCUT2D eigenvalue weighted by molar-refractivity contribution is 7.30. The summed E-state index contributed by atoms with van der Waals surface area (Å²) in [6.07, 6.45) is 8.75. The lowest BCUT2D eigenvalue weighted by atomic mass is 10.0. The van der Waals surface area contributed by atoms with E-state index in [2.05, 4.69) is 31.6 Å². The molecule has 15 heavy (non-hydrogen) atoms. The minimum atomic E-state index is 0.940. The first-order valence-corrected chi connectivity index (χ1v) is 6.08. The van der Waals surface area contributed by atoms with Crippen molar-refractivity contribution in [1.29, 1.82) is 0 Å². The van der Waals surface area contributed by atoms with Crippen LogP contribution in [0.2, 0.25) is 0 Å². The summed E-state index contributed by atoms with van der Waals surface area (Å²) >= 11 is 0. The molecule has 0 saturated heterocycles. The Morgan fingerprint density at radius 3 is 2.27 bits per heavy atom. The van der Waals surface area contributed by atoms with Crippen LogP contribution in [0.25, 0.3) is 0 Å². The van der Waals surface area contributed by atoms with Gasteiger partial charge in [-0.25, -0.2) is 0 Å². The van der Waals surface area contributed by atoms with Crippen LogP contribution in [0.1, 0.15) is 16.4 Å². The summed E-state index contributed by atoms with van der Waals surface area (Å²) in [4.78, 5) is 0. The largest absolute Gasteiger partial charge is 0.103 e. The SMILES string of the molecule is C=CCc1ccpc(CC=C)c1CC=C. The summed E-state index contributed by atoms with van der Waals surface area (Å²) in [5.41, 5.74) is 2.80. The third kappa shape index (κ3) is 3.18. The van der Waals surface area contributed by atoms with Gasteiger partial charge in [-0.1, -0.05) is 32.5 Å². The van der Waals surface area contributed by atoms with Gasteiger partial charge in [0.2, 0.25) is 0 Å². The molecule has 0 aliphatic heterocycles. The highest BCUT2D eigenvalue weighted by Crippen LogP contribution is 2.25. The Morgan fingerprint density at radius 2 is 1.67 bits per heavy atom. The molecule has 0 nitrogen and oxygen atoms in total. The highest BCUT2D eigenvalue weighted by Gasteiger charge is 2.04. The molecule has 0 aliphatic rings. The first kappa shape index (κ1) is 11.9. The Labute approximate surface area is 94.1 Å². The fourth-order valence-corrected chi connectivity index (χ4v) is 2.69. The molecule has 0 aliphatic carbocycles. The second-order valence-corrected chi connectivity index (χ2v) is 4.47. The predicted molar refractivity (Wildman–Crippen MR) is 70.7 cm³/mol. The first-order valence-electron chi connectivity index (χ1n) is 5.11. The van der Waals surface area contributed by atoms with Crippen LogP contribution in [0.5, 0.6) is 0 Å². The third-order valence-electron chi connectivity index (χ3n) is 2.29. The van der Waals surface area contributed by atoms with Crippen molar-refractivity contribution >= 4 is 8.19 Å². The van der Waals surface area contributed by atoms with Gasteiger partial charge in [0, 0.05) is 0 Å². The van der Waals surface area contributed by atoms with Gasteiger partial charge in [0.25, 0.3) is 0 Å². The molecular formula is C14H17P. The molecular weight excluding hydrogens is 199 g/mol. The van der Waals surface area contributed by atoms with Crippen LogP contribution in [0, 0.1) is 0 Å². The van der Waals surface area contributed by atoms with E-state index in [-0.39, 0.29) is 0 Å². The summed E-state index contributed by atoms with van der Waals surface area (Å²) in [6, 6.07) is 2.20. The van der Waals surface area contributed by atoms with E-state index in [1.807, 2.05) is 18.2 Å². The second-order valence-electron chi connectivity index (χ2n) is 3.37. The number of hydrogen-bond acceptors (Lipinski definition) is 0. The van der Waals surface area contributed by atoms with Crippen LogP contribution in [0.3, 0.4) is 0 Å². The Morgan fingerprint density at radius 1 is 1.00 bits per heavy atom. The van der Waals surface area contributed by atoms with Crippen LogP contribution in [0.15, 0.2) is 49.8 Å². The average Bonchev–Trinajstić information content (AvgIpc) is 2.23. The maximum absolute atomic E-state index is 3.82. The van der Waals surface area contributed by atoms with Crippen molar-refractivity contribution in [1.82, 2.24) is 0 Å². The molecule has 1 heterocycles. The Hall–Kier alpha value is -1.13. The van der Waals surface area contributed by atoms with Gasteiger partial charge in [0.15, 0.2) is 0 Å². The summed E-state index contributed by atoms with van der Waals surface area (Å²) in [6.45, 7) is 11.4. The van der Waals surface area contributed by atoms with Gasteiger partial charge in [-0.3, -0.25) is 0 Å². The lowest BCUT2D eigenvalue weighted by Crippen LogP contribution is -1.95. The van der Waals surface area contributed by atoms with Crippen molar-refractivity contribution in [3.8, 4) is 0 Å². The first-order chi connectivity index (χ1) is 7.33. The monoisotopic (exact) mass is 216 g/mol. The maximum atomic E-state index is 3.82. The Bertz CT molecular complexity index is 335. The molecule has 0 atom stereocenters. The van der Waals surface area contributed by atoms with Gasteiger partial charge in [-0.05, 0) is 41.5 Å². The smallest absolute Gasteiger partial charge is 0.00535 e. The summed E-state index contributed by atoms with van der Waals surface area (Å²) in [5.74, 6) is 2.20. The van der Waals surface area contributed by atoms with E-state index < -0.39 is 0 Å². The van der Waals surface area contributed by atoms with Crippen LogP contribution in [0.4, 0.5) is 0 Å². The molecule has 1 aromatic rings. The number of allylic oxidation sites excluding steroid dienone is 3. The van der Waals surface area contributed by atoms with E-state index in [1.165, 1.54) is 24.6 Å². The van der Waals surface area contributed by atoms with Gasteiger partial charge < -0.3 is 0 Å². The van der Waals surface area contributed by atoms with Crippen molar-refractivity contribution in [2.75, 3.05) is 0 Å². The van der Waals surface area contributed by atoms with Gasteiger partial charge >= 0.3 is 0 Å². The fourth-order valence-electron chi connectivity index (χ4n) is 1.63. The van der Waals surface area contributed by atoms with Gasteiger partial charge in [-0.2, -0.15) is 0 Å². The molecule has 0 fully saturated rings. The van der Waals surface area contributed by atoms with Crippen molar-refractivity contribution in [3.05, 3.63) is 66.3 Å². The van der Waals surface area contributed by atoms with Gasteiger partial charge in [0.05, 0.1) is 0 Å². The maximum Gasteiger partial charge on any atom is -0.00535 e. The molecule has 0 radical (unpaired) electrons. The van der Waals surface area contributed by atoms with Crippen LogP contribution < -0.4 is 0 Å². The predicted octanol–water partition coefficient (Wildman–Crippen LogP) is 4.45. The standard InChI is InChI=1S/C14H17P/c1-4-7-12-10-11-15-14(9-6-3)13(12)8-5-2/h4-6,10-11H,1-3,7-9H2. The Kier molecular flexibility index (Phi) is 5.07. The van der Waals surface area contributed by atoms with Crippen molar-refractivity contribution < 1.29 is 0 Å². The van der Waals surface area contributed by atoms with E-state index in [0.29, 0.717) is 0 Å². The number of rotatable bonds is 6. The minimum Gasteiger partial charge on any atom is -0.103 e. The van der Waals surface area contributed by atoms with Crippen molar-refractivity contribution in [3.63, 3.8) is 0 Å². The quantitative estimate of drug-likeness (QED) is 0.616. The molecule has 0 unspecified atom stereocenters. The molecule has 78 valence electrons. The molecule has 0 saturated carbocycles. The minimum absolute atomic E-state index is 0.940. The fraction of sp³-hybridized carbons (Fsp3) is 0.214. The zero-order valence-corrected chi connectivity index (χ0v) is 9.97. The molecule has 0 N–H and O–H groups in total. The van der Waals surface area contributed by atoms with Crippen molar-refractivity contribution in [2.45, 2.75) is 19.3 Å². The van der Waals surface area contributed by atoms with Crippen LogP contribution in [-0.2, 0) is 19.3 Å². The average molecular weight is 216 g/mol. The van der Waals surface area contributed by atoms with Crippen molar-refractivity contribution in [2.24, 2.45) is 0 Å². The highest BCUT2D eigenvalue weighted by atomic mass is 31.0. The lowest BCUT2D eigenvalue weighted by molar-refractivity contribution is 1.12. The summed E-state index contributed by atoms with van der Waals surface area (Å²) in [7, 11) is 1.30. The topological polar surface area (TPSA) is 0 Å². The van der Waals surface area contributed by atoms with E-state index in [1.54, 1.807) is 0 Å². The summed E-state index contributed by atoms with van der Waals surface area (Å²) in [5, 5.41) is 1.45. The van der Waals surface area contributed by atoms with Crippen LogP contribution in [-0.4, -0.2) is 0 Å². The van der Waals surface area contributed by atoms with E-state index in [9.17, 15) is 0 Å². The molecule has 0 spiro atoms. The molecule has 1 rings (SSSR count). The summed E-state index contributed by atoms with van der Waals surface area (Å²) < 4.78 is 0. The molecule has 0 aromatic carbocycles. The zero-order chi connectivity index (χ0) is 11.1. The lowest BCUT2D eigenvalue weighted by Gasteiger charge is -2.10. The van der Waals surface area contributed by atoms with E-state index in [0.717, 1.165) is 19.3 Å². The molecule has 1 aromatic heterocycles. The normalized spacial score (nSPS) is 10.1. The zero-order valence-electron chi connectivity index (χ0n) is 9.08. The second kappa shape index (κ2) is 6.37. The molecule has 0 bridgehead atoms. The van der Waals surface area contributed by atoms with E-state index in [4.69, 9.17) is 0 Å². The third-order valence-corrected chi connectivity index (χ3v) is 3.35. The Balaban J connectivity index is 3.13. The van der Waals surface area contributed by atoms with Crippen LogP contribution >= 0.6 is 8.19 Å². The van der Waals surface area contributed by atoms with E-state index >= 15 is 0 Å². The molecule has 0 amide bonds. The van der Waals surface area contributed by atoms with Gasteiger partial charge in [0.1, 0.15) is 0 Å².